The zero-order valence-electron chi connectivity index (χ0n) is 20.2. The lowest BCUT2D eigenvalue weighted by Gasteiger charge is -2.19. The fourth-order valence-electron chi connectivity index (χ4n) is 3.67. The van der Waals surface area contributed by atoms with Crippen LogP contribution in [0.5, 0.6) is 0 Å². The van der Waals surface area contributed by atoms with Crippen molar-refractivity contribution in [1.29, 1.82) is 0 Å². The minimum absolute atomic E-state index is 0.00460. The SMILES string of the molecule is CN(c1ccc(Cl)cc1)c1ccc(C(=O)c2cc(C(=O)O)cc(C(=O)Nc3cccc(C(F)(F)F)c3)c2)nc1. The van der Waals surface area contributed by atoms with Crippen molar-refractivity contribution >= 4 is 46.3 Å². The van der Waals surface area contributed by atoms with Gasteiger partial charge in [0.25, 0.3) is 5.91 Å². The van der Waals surface area contributed by atoms with Gasteiger partial charge in [0.1, 0.15) is 5.69 Å². The number of halogens is 4. The van der Waals surface area contributed by atoms with Crippen molar-refractivity contribution in [3.05, 3.63) is 118 Å². The average molecular weight is 554 g/mol. The van der Waals surface area contributed by atoms with Gasteiger partial charge < -0.3 is 15.3 Å². The van der Waals surface area contributed by atoms with Gasteiger partial charge in [0.2, 0.25) is 5.78 Å². The summed E-state index contributed by atoms with van der Waals surface area (Å²) in [6.07, 6.45) is -3.15. The van der Waals surface area contributed by atoms with Gasteiger partial charge in [-0.2, -0.15) is 13.2 Å². The molecular weight excluding hydrogens is 535 g/mol. The largest absolute Gasteiger partial charge is 0.478 e. The highest BCUT2D eigenvalue weighted by molar-refractivity contribution is 6.30. The van der Waals surface area contributed by atoms with Crippen LogP contribution in [0.2, 0.25) is 5.02 Å². The number of pyridine rings is 1. The van der Waals surface area contributed by atoms with Crippen molar-refractivity contribution in [3.63, 3.8) is 0 Å². The molecule has 0 radical (unpaired) electrons. The number of carbonyl (C=O) groups is 3. The van der Waals surface area contributed by atoms with Gasteiger partial charge in [0.15, 0.2) is 0 Å². The molecule has 11 heteroatoms. The van der Waals surface area contributed by atoms with Crippen LogP contribution in [-0.2, 0) is 6.18 Å². The van der Waals surface area contributed by atoms with E-state index in [1.165, 1.54) is 18.3 Å². The van der Waals surface area contributed by atoms with E-state index in [1.54, 1.807) is 25.2 Å². The second-order valence-electron chi connectivity index (χ2n) is 8.40. The molecule has 4 rings (SSSR count). The maximum atomic E-state index is 13.2. The van der Waals surface area contributed by atoms with E-state index in [0.29, 0.717) is 10.7 Å². The number of carboxylic acids is 1. The van der Waals surface area contributed by atoms with Gasteiger partial charge >= 0.3 is 12.1 Å². The molecule has 198 valence electrons. The molecule has 2 N–H and O–H groups in total. The lowest BCUT2D eigenvalue weighted by atomic mass is 10.00. The highest BCUT2D eigenvalue weighted by Crippen LogP contribution is 2.31. The third-order valence-corrected chi connectivity index (χ3v) is 5.99. The molecule has 0 fully saturated rings. The zero-order valence-corrected chi connectivity index (χ0v) is 20.9. The van der Waals surface area contributed by atoms with Crippen molar-refractivity contribution < 1.29 is 32.7 Å². The average Bonchev–Trinajstić information content (AvgIpc) is 2.92. The minimum Gasteiger partial charge on any atom is -0.478 e. The molecule has 0 atom stereocenters. The van der Waals surface area contributed by atoms with E-state index in [9.17, 15) is 32.7 Å². The molecule has 0 spiro atoms. The number of aromatic nitrogens is 1. The van der Waals surface area contributed by atoms with Gasteiger partial charge in [0.05, 0.1) is 23.0 Å². The lowest BCUT2D eigenvalue weighted by Crippen LogP contribution is -2.16. The number of ketones is 1. The Morgan fingerprint density at radius 1 is 0.872 bits per heavy atom. The van der Waals surface area contributed by atoms with Crippen LogP contribution >= 0.6 is 11.6 Å². The molecule has 0 bridgehead atoms. The summed E-state index contributed by atoms with van der Waals surface area (Å²) in [4.78, 5) is 43.7. The van der Waals surface area contributed by atoms with Crippen LogP contribution in [-0.4, -0.2) is 34.8 Å². The lowest BCUT2D eigenvalue weighted by molar-refractivity contribution is -0.137. The monoisotopic (exact) mass is 553 g/mol. The Bertz CT molecular complexity index is 1560. The number of anilines is 3. The van der Waals surface area contributed by atoms with E-state index >= 15 is 0 Å². The summed E-state index contributed by atoms with van der Waals surface area (Å²) in [6, 6.07) is 17.5. The normalized spacial score (nSPS) is 11.1. The van der Waals surface area contributed by atoms with Gasteiger partial charge in [-0.15, -0.1) is 0 Å². The number of rotatable bonds is 7. The fraction of sp³-hybridized carbons (Fsp3) is 0.0714. The number of benzene rings is 3. The van der Waals surface area contributed by atoms with E-state index in [2.05, 4.69) is 10.3 Å². The van der Waals surface area contributed by atoms with Gasteiger partial charge in [-0.25, -0.2) is 4.79 Å². The molecule has 0 aliphatic heterocycles. The highest BCUT2D eigenvalue weighted by atomic mass is 35.5. The number of nitrogens with one attached hydrogen (secondary N) is 1. The number of aromatic carboxylic acids is 1. The summed E-state index contributed by atoms with van der Waals surface area (Å²) >= 11 is 5.93. The van der Waals surface area contributed by atoms with Crippen LogP contribution < -0.4 is 10.2 Å². The van der Waals surface area contributed by atoms with E-state index in [-0.39, 0.29) is 28.1 Å². The zero-order chi connectivity index (χ0) is 28.3. The first kappa shape index (κ1) is 27.3. The van der Waals surface area contributed by atoms with Crippen molar-refractivity contribution in [1.82, 2.24) is 4.98 Å². The van der Waals surface area contributed by atoms with Crippen LogP contribution in [0.15, 0.2) is 85.1 Å². The highest BCUT2D eigenvalue weighted by Gasteiger charge is 2.30. The van der Waals surface area contributed by atoms with Gasteiger partial charge in [-0.05, 0) is 72.8 Å². The van der Waals surface area contributed by atoms with Crippen LogP contribution in [0.25, 0.3) is 0 Å². The summed E-state index contributed by atoms with van der Waals surface area (Å²) in [5.74, 6) is -2.93. The quantitative estimate of drug-likeness (QED) is 0.247. The van der Waals surface area contributed by atoms with Crippen molar-refractivity contribution in [2.24, 2.45) is 0 Å². The molecule has 0 saturated heterocycles. The van der Waals surface area contributed by atoms with Gasteiger partial charge in [0, 0.05) is 34.6 Å². The Morgan fingerprint density at radius 2 is 1.51 bits per heavy atom. The molecule has 0 aliphatic rings. The molecule has 1 aromatic heterocycles. The molecule has 4 aromatic rings. The van der Waals surface area contributed by atoms with Crippen LogP contribution in [0.3, 0.4) is 0 Å². The third kappa shape index (κ3) is 6.42. The van der Waals surface area contributed by atoms with Crippen LogP contribution in [0.1, 0.15) is 42.3 Å². The molecule has 39 heavy (non-hydrogen) atoms. The minimum atomic E-state index is -4.62. The first-order valence-electron chi connectivity index (χ1n) is 11.3. The van der Waals surface area contributed by atoms with Gasteiger partial charge in [-0.1, -0.05) is 17.7 Å². The number of amides is 1. The first-order chi connectivity index (χ1) is 18.4. The Labute approximate surface area is 225 Å². The van der Waals surface area contributed by atoms with Crippen LogP contribution in [0.4, 0.5) is 30.2 Å². The maximum absolute atomic E-state index is 13.2. The van der Waals surface area contributed by atoms with Crippen molar-refractivity contribution in [3.8, 4) is 0 Å². The summed E-state index contributed by atoms with van der Waals surface area (Å²) < 4.78 is 39.0. The van der Waals surface area contributed by atoms with E-state index in [1.807, 2.05) is 17.0 Å². The molecule has 0 unspecified atom stereocenters. The molecule has 7 nitrogen and oxygen atoms in total. The number of nitrogens with zero attached hydrogens (tertiary/aromatic N) is 2. The van der Waals surface area contributed by atoms with E-state index < -0.39 is 29.4 Å². The molecule has 3 aromatic carbocycles. The Balaban J connectivity index is 1.59. The number of alkyl halides is 3. The summed E-state index contributed by atoms with van der Waals surface area (Å²) in [6.45, 7) is 0. The van der Waals surface area contributed by atoms with Crippen molar-refractivity contribution in [2.75, 3.05) is 17.3 Å². The van der Waals surface area contributed by atoms with E-state index in [4.69, 9.17) is 11.6 Å². The van der Waals surface area contributed by atoms with Gasteiger partial charge in [-0.3, -0.25) is 14.6 Å². The second-order valence-corrected chi connectivity index (χ2v) is 8.84. The number of carbonyl (C=O) groups excluding carboxylic acids is 2. The fourth-order valence-corrected chi connectivity index (χ4v) is 3.80. The summed E-state index contributed by atoms with van der Waals surface area (Å²) in [7, 11) is 1.80. The Kier molecular flexibility index (Phi) is 7.68. The van der Waals surface area contributed by atoms with Crippen molar-refractivity contribution in [2.45, 2.75) is 6.18 Å². The van der Waals surface area contributed by atoms with E-state index in [0.717, 1.165) is 42.1 Å². The topological polar surface area (TPSA) is 99.6 Å². The third-order valence-electron chi connectivity index (χ3n) is 5.73. The maximum Gasteiger partial charge on any atom is 0.416 e. The number of hydrogen-bond donors (Lipinski definition) is 2. The predicted octanol–water partition coefficient (Wildman–Crippen LogP) is 6.70. The molecule has 0 aliphatic carbocycles. The predicted molar refractivity (Wildman–Crippen MR) is 140 cm³/mol. The smallest absolute Gasteiger partial charge is 0.416 e. The molecule has 1 amide bonds. The standard InChI is InChI=1S/C28H19ClF3N3O4/c1-35(22-7-5-20(29)6-8-22)23-9-10-24(33-15-23)25(36)16-11-17(13-18(12-16)27(38)39)26(37)34-21-4-2-3-19(14-21)28(30,31)32/h2-15H,1H3,(H,34,37)(H,38,39). The Hall–Kier alpha value is -4.70. The second kappa shape index (κ2) is 11.0. The molecular formula is C28H19ClF3N3O4. The number of carboxylic acid groups (broad SMARTS) is 1. The molecule has 1 heterocycles. The summed E-state index contributed by atoms with van der Waals surface area (Å²) in [5, 5.41) is 12.4. The Morgan fingerprint density at radius 3 is 2.13 bits per heavy atom. The molecule has 0 saturated carbocycles. The summed E-state index contributed by atoms with van der Waals surface area (Å²) in [5.41, 5.74) is -0.341. The van der Waals surface area contributed by atoms with Crippen LogP contribution in [0, 0.1) is 0 Å². The first-order valence-corrected chi connectivity index (χ1v) is 11.7. The number of hydrogen-bond acceptors (Lipinski definition) is 5.